The monoisotopic (exact) mass is 377 g/mol. The number of amides is 1. The highest BCUT2D eigenvalue weighted by molar-refractivity contribution is 9.10. The molecule has 2 aliphatic rings. The molecule has 112 valence electrons. The molecule has 1 amide bonds. The molecule has 0 bridgehead atoms. The van der Waals surface area contributed by atoms with Gasteiger partial charge in [0.1, 0.15) is 0 Å². The van der Waals surface area contributed by atoms with Crippen LogP contribution in [-0.4, -0.2) is 41.6 Å². The van der Waals surface area contributed by atoms with Crippen molar-refractivity contribution >= 4 is 61.9 Å². The number of carbonyl (C=O) groups is 1. The molecular weight excluding hydrogens is 366 g/mol. The van der Waals surface area contributed by atoms with Crippen LogP contribution in [0.2, 0.25) is 0 Å². The number of rotatable bonds is 2. The van der Waals surface area contributed by atoms with Gasteiger partial charge in [-0.15, -0.1) is 0 Å². The number of nitrogens with one attached hydrogen (secondary N) is 1. The number of carbonyl (C=O) groups excluding carboxylic acids is 1. The van der Waals surface area contributed by atoms with E-state index in [0.717, 1.165) is 15.7 Å². The minimum absolute atomic E-state index is 0.0454. The fourth-order valence-corrected chi connectivity index (χ4v) is 3.44. The molecule has 0 aromatic heterocycles. The van der Waals surface area contributed by atoms with Crippen LogP contribution in [0, 0.1) is 5.41 Å². The van der Waals surface area contributed by atoms with Gasteiger partial charge in [-0.3, -0.25) is 10.2 Å². The van der Waals surface area contributed by atoms with Crippen LogP contribution in [0.3, 0.4) is 0 Å². The lowest BCUT2D eigenvalue weighted by atomic mass is 10.1. The fraction of sp³-hybridized carbons (Fsp3) is 0.143. The van der Waals surface area contributed by atoms with E-state index in [1.54, 1.807) is 11.6 Å². The van der Waals surface area contributed by atoms with Crippen LogP contribution in [0.5, 0.6) is 0 Å². The van der Waals surface area contributed by atoms with E-state index < -0.39 is 5.91 Å². The Morgan fingerprint density at radius 2 is 2.18 bits per heavy atom. The van der Waals surface area contributed by atoms with Crippen LogP contribution in [0.15, 0.2) is 38.3 Å². The Kier molecular flexibility index (Phi) is 3.88. The largest absolute Gasteiger partial charge is 0.377 e. The summed E-state index contributed by atoms with van der Waals surface area (Å²) in [6.07, 6.45) is 1.66. The molecular formula is C14H12BrN5OS. The first-order valence-corrected chi connectivity index (χ1v) is 8.04. The molecule has 0 fully saturated rings. The van der Waals surface area contributed by atoms with E-state index in [1.165, 1.54) is 16.8 Å². The van der Waals surface area contributed by atoms with Crippen LogP contribution < -0.4 is 4.90 Å². The number of hydrogen-bond donors (Lipinski definition) is 1. The highest BCUT2D eigenvalue weighted by Gasteiger charge is 2.32. The Labute approximate surface area is 140 Å². The van der Waals surface area contributed by atoms with Gasteiger partial charge in [-0.05, 0) is 51.5 Å². The van der Waals surface area contributed by atoms with Crippen LogP contribution >= 0.6 is 27.7 Å². The number of aliphatic imine (C=N–C) groups is 1. The van der Waals surface area contributed by atoms with E-state index in [-0.39, 0.29) is 11.4 Å². The molecule has 0 atom stereocenters. The smallest absolute Gasteiger partial charge is 0.283 e. The first kappa shape index (κ1) is 15.0. The van der Waals surface area contributed by atoms with Crippen molar-refractivity contribution in [3.05, 3.63) is 33.8 Å². The van der Waals surface area contributed by atoms with E-state index in [2.05, 4.69) is 26.0 Å². The molecule has 1 aromatic rings. The average molecular weight is 378 g/mol. The predicted molar refractivity (Wildman–Crippen MR) is 94.5 cm³/mol. The minimum Gasteiger partial charge on any atom is -0.377 e. The Bertz CT molecular complexity index is 768. The number of hydrogen-bond acceptors (Lipinski definition) is 5. The number of hydrazone groups is 1. The number of amidine groups is 2. The van der Waals surface area contributed by atoms with Crippen molar-refractivity contribution in [2.24, 2.45) is 10.1 Å². The van der Waals surface area contributed by atoms with Gasteiger partial charge in [-0.1, -0.05) is 6.07 Å². The zero-order valence-electron chi connectivity index (χ0n) is 11.9. The zero-order chi connectivity index (χ0) is 15.9. The Morgan fingerprint density at radius 3 is 2.86 bits per heavy atom. The summed E-state index contributed by atoms with van der Waals surface area (Å²) >= 11 is 4.75. The maximum atomic E-state index is 12.1. The molecule has 0 aliphatic carbocycles. The lowest BCUT2D eigenvalue weighted by molar-refractivity contribution is -0.114. The van der Waals surface area contributed by atoms with Crippen LogP contribution in [-0.2, 0) is 4.79 Å². The van der Waals surface area contributed by atoms with Gasteiger partial charge >= 0.3 is 0 Å². The van der Waals surface area contributed by atoms with E-state index in [0.29, 0.717) is 5.17 Å². The molecule has 2 heterocycles. The normalized spacial score (nSPS) is 18.8. The maximum Gasteiger partial charge on any atom is 0.283 e. The van der Waals surface area contributed by atoms with Crippen molar-refractivity contribution < 1.29 is 4.79 Å². The highest BCUT2D eigenvalue weighted by Crippen LogP contribution is 2.28. The topological polar surface area (TPSA) is 72.1 Å². The molecule has 2 aliphatic heterocycles. The second kappa shape index (κ2) is 5.69. The van der Waals surface area contributed by atoms with E-state index >= 15 is 0 Å². The SMILES string of the molecule is CN(C)c1ccc(/C=C2\C(=N)N3N=CSC3=NC2=O)cc1Br. The molecule has 1 N–H and O–H groups in total. The lowest BCUT2D eigenvalue weighted by Gasteiger charge is -2.20. The molecule has 1 aromatic carbocycles. The lowest BCUT2D eigenvalue weighted by Crippen LogP contribution is -2.35. The summed E-state index contributed by atoms with van der Waals surface area (Å²) in [6.45, 7) is 0. The second-order valence-electron chi connectivity index (χ2n) is 4.86. The quantitative estimate of drug-likeness (QED) is 0.804. The predicted octanol–water partition coefficient (Wildman–Crippen LogP) is 2.76. The molecule has 0 saturated carbocycles. The number of nitrogens with zero attached hydrogens (tertiary/aromatic N) is 4. The van der Waals surface area contributed by atoms with Gasteiger partial charge in [0.05, 0.1) is 16.8 Å². The van der Waals surface area contributed by atoms with Gasteiger partial charge in [0, 0.05) is 18.6 Å². The van der Waals surface area contributed by atoms with Crippen molar-refractivity contribution in [2.45, 2.75) is 0 Å². The highest BCUT2D eigenvalue weighted by atomic mass is 79.9. The van der Waals surface area contributed by atoms with Gasteiger partial charge in [-0.25, -0.2) is 0 Å². The van der Waals surface area contributed by atoms with Crippen molar-refractivity contribution in [2.75, 3.05) is 19.0 Å². The number of benzene rings is 1. The summed E-state index contributed by atoms with van der Waals surface area (Å²) in [5.74, 6) is -0.369. The van der Waals surface area contributed by atoms with Gasteiger partial charge in [-0.2, -0.15) is 15.1 Å². The van der Waals surface area contributed by atoms with E-state index in [9.17, 15) is 4.79 Å². The summed E-state index contributed by atoms with van der Waals surface area (Å²) in [4.78, 5) is 18.0. The first-order valence-electron chi connectivity index (χ1n) is 6.37. The summed E-state index contributed by atoms with van der Waals surface area (Å²) in [6, 6.07) is 5.75. The third-order valence-electron chi connectivity index (χ3n) is 3.16. The molecule has 3 rings (SSSR count). The number of anilines is 1. The standard InChI is InChI=1S/C14H12BrN5OS/c1-19(2)11-4-3-8(6-10(11)15)5-9-12(16)20-14(18-13(9)21)22-7-17-20/h3-7,16H,1-2H3/b9-5+,16-12?. The summed E-state index contributed by atoms with van der Waals surface area (Å²) in [7, 11) is 3.91. The Balaban J connectivity index is 1.98. The van der Waals surface area contributed by atoms with Gasteiger partial charge in [0.2, 0.25) is 0 Å². The van der Waals surface area contributed by atoms with Crippen LogP contribution in [0.25, 0.3) is 6.08 Å². The van der Waals surface area contributed by atoms with Gasteiger partial charge in [0.15, 0.2) is 11.0 Å². The number of thioether (sulfide) groups is 1. The third kappa shape index (κ3) is 2.59. The Hall–Kier alpha value is -1.93. The molecule has 6 nitrogen and oxygen atoms in total. The van der Waals surface area contributed by atoms with Crippen molar-refractivity contribution in [1.82, 2.24) is 5.01 Å². The summed E-state index contributed by atoms with van der Waals surface area (Å²) in [5.41, 5.74) is 3.65. The van der Waals surface area contributed by atoms with Crippen molar-refractivity contribution in [1.29, 1.82) is 5.41 Å². The minimum atomic E-state index is -0.415. The molecule has 0 radical (unpaired) electrons. The molecule has 8 heteroatoms. The van der Waals surface area contributed by atoms with Gasteiger partial charge in [0.25, 0.3) is 5.91 Å². The van der Waals surface area contributed by atoms with Gasteiger partial charge < -0.3 is 4.90 Å². The van der Waals surface area contributed by atoms with Crippen molar-refractivity contribution in [3.8, 4) is 0 Å². The second-order valence-corrected chi connectivity index (χ2v) is 6.53. The number of halogens is 1. The van der Waals surface area contributed by atoms with E-state index in [1.807, 2.05) is 37.2 Å². The summed E-state index contributed by atoms with van der Waals surface area (Å²) in [5, 5.41) is 13.9. The Morgan fingerprint density at radius 1 is 1.41 bits per heavy atom. The molecule has 0 unspecified atom stereocenters. The van der Waals surface area contributed by atoms with Crippen LogP contribution in [0.4, 0.5) is 5.69 Å². The van der Waals surface area contributed by atoms with E-state index in [4.69, 9.17) is 5.41 Å². The molecule has 0 spiro atoms. The molecule has 22 heavy (non-hydrogen) atoms. The maximum absolute atomic E-state index is 12.1. The third-order valence-corrected chi connectivity index (χ3v) is 4.47. The summed E-state index contributed by atoms with van der Waals surface area (Å²) < 4.78 is 0.917. The first-order chi connectivity index (χ1) is 10.5. The zero-order valence-corrected chi connectivity index (χ0v) is 14.3. The fourth-order valence-electron chi connectivity index (χ4n) is 2.08. The average Bonchev–Trinajstić information content (AvgIpc) is 2.91. The number of fused-ring (bicyclic) bond motifs is 1. The molecule has 0 saturated heterocycles. The van der Waals surface area contributed by atoms with Crippen LogP contribution in [0.1, 0.15) is 5.56 Å². The van der Waals surface area contributed by atoms with Crippen molar-refractivity contribution in [3.63, 3.8) is 0 Å².